The first-order chi connectivity index (χ1) is 22.0. The third kappa shape index (κ3) is 9.32. The number of nitrogens with one attached hydrogen (secondary N) is 3. The Hall–Kier alpha value is -4.35. The summed E-state index contributed by atoms with van der Waals surface area (Å²) in [7, 11) is 0. The number of aromatic nitrogens is 1. The number of hydrogen-bond donors (Lipinski definition) is 3. The van der Waals surface area contributed by atoms with Crippen molar-refractivity contribution in [3.63, 3.8) is 0 Å². The molecule has 1 saturated heterocycles. The first-order valence-corrected chi connectivity index (χ1v) is 16.1. The smallest absolute Gasteiger partial charge is 0.269 e. The zero-order valence-electron chi connectivity index (χ0n) is 24.8. The van der Waals surface area contributed by atoms with E-state index in [0.29, 0.717) is 26.1 Å². The molecule has 9 heteroatoms. The van der Waals surface area contributed by atoms with Crippen LogP contribution in [-0.2, 0) is 9.59 Å². The lowest BCUT2D eigenvalue weighted by atomic mass is 9.90. The Morgan fingerprint density at radius 1 is 0.889 bits per heavy atom. The monoisotopic (exact) mass is 713 g/mol. The van der Waals surface area contributed by atoms with E-state index in [1.165, 1.54) is 6.08 Å². The summed E-state index contributed by atoms with van der Waals surface area (Å²) in [5.41, 5.74) is 3.47. The molecule has 0 spiro atoms. The van der Waals surface area contributed by atoms with E-state index < -0.39 is 6.04 Å². The first-order valence-electron chi connectivity index (χ1n) is 15.0. The highest BCUT2D eigenvalue weighted by atomic mass is 127. The van der Waals surface area contributed by atoms with Crippen molar-refractivity contribution in [2.24, 2.45) is 0 Å². The van der Waals surface area contributed by atoms with Crippen LogP contribution in [0.2, 0.25) is 0 Å². The predicted molar refractivity (Wildman–Crippen MR) is 184 cm³/mol. The van der Waals surface area contributed by atoms with Crippen LogP contribution in [0.5, 0.6) is 0 Å². The van der Waals surface area contributed by atoms with E-state index in [2.05, 4.69) is 67.8 Å². The molecule has 1 aliphatic rings. The van der Waals surface area contributed by atoms with E-state index in [4.69, 9.17) is 0 Å². The molecule has 3 N–H and O–H groups in total. The van der Waals surface area contributed by atoms with Gasteiger partial charge in [-0.15, -0.1) is 0 Å². The van der Waals surface area contributed by atoms with Crippen molar-refractivity contribution in [3.8, 4) is 0 Å². The van der Waals surface area contributed by atoms with E-state index in [1.54, 1.807) is 30.5 Å². The molecule has 45 heavy (non-hydrogen) atoms. The number of halogens is 1. The molecule has 0 saturated carbocycles. The maximum absolute atomic E-state index is 14.1. The number of carbonyl (C=O) groups is 3. The van der Waals surface area contributed by atoms with Crippen molar-refractivity contribution in [2.45, 2.75) is 24.4 Å². The van der Waals surface area contributed by atoms with Crippen LogP contribution in [0, 0.1) is 3.57 Å². The second kappa shape index (κ2) is 16.1. The zero-order chi connectivity index (χ0) is 31.4. The Morgan fingerprint density at radius 2 is 1.56 bits per heavy atom. The second-order valence-corrected chi connectivity index (χ2v) is 12.2. The lowest BCUT2D eigenvalue weighted by molar-refractivity contribution is -0.132. The minimum atomic E-state index is -0.684. The molecule has 0 radical (unpaired) electrons. The Kier molecular flexibility index (Phi) is 11.5. The zero-order valence-corrected chi connectivity index (χ0v) is 27.0. The third-order valence-electron chi connectivity index (χ3n) is 7.79. The molecule has 2 atom stereocenters. The van der Waals surface area contributed by atoms with Gasteiger partial charge in [-0.2, -0.15) is 0 Å². The number of rotatable bonds is 11. The van der Waals surface area contributed by atoms with Gasteiger partial charge in [-0.05, 0) is 76.0 Å². The molecule has 1 aromatic heterocycles. The van der Waals surface area contributed by atoms with Crippen LogP contribution in [-0.4, -0.2) is 65.9 Å². The lowest BCUT2D eigenvalue weighted by Gasteiger charge is -2.29. The first kappa shape index (κ1) is 32.1. The molecule has 2 heterocycles. The van der Waals surface area contributed by atoms with Gasteiger partial charge in [-0.25, -0.2) is 0 Å². The molecule has 230 valence electrons. The third-order valence-corrected chi connectivity index (χ3v) is 8.50. The summed E-state index contributed by atoms with van der Waals surface area (Å²) < 4.78 is 1.13. The molecule has 0 bridgehead atoms. The Bertz CT molecular complexity index is 1540. The number of nitrogens with zero attached hydrogens (tertiary/aromatic N) is 2. The van der Waals surface area contributed by atoms with Crippen molar-refractivity contribution in [3.05, 3.63) is 141 Å². The van der Waals surface area contributed by atoms with Crippen LogP contribution in [0.3, 0.4) is 0 Å². The van der Waals surface area contributed by atoms with Crippen molar-refractivity contribution in [1.82, 2.24) is 25.8 Å². The average Bonchev–Trinajstić information content (AvgIpc) is 3.23. The van der Waals surface area contributed by atoms with Crippen molar-refractivity contribution in [2.75, 3.05) is 26.2 Å². The van der Waals surface area contributed by atoms with E-state index in [0.717, 1.165) is 20.3 Å². The highest BCUT2D eigenvalue weighted by Gasteiger charge is 2.33. The Morgan fingerprint density at radius 3 is 2.20 bits per heavy atom. The number of hydrogen-bond acceptors (Lipinski definition) is 5. The fourth-order valence-corrected chi connectivity index (χ4v) is 5.73. The molecule has 0 unspecified atom stereocenters. The van der Waals surface area contributed by atoms with E-state index in [-0.39, 0.29) is 41.9 Å². The van der Waals surface area contributed by atoms with Gasteiger partial charge in [0.15, 0.2) is 0 Å². The summed E-state index contributed by atoms with van der Waals surface area (Å²) >= 11 is 2.24. The molecule has 3 aromatic carbocycles. The predicted octanol–water partition coefficient (Wildman–Crippen LogP) is 4.64. The van der Waals surface area contributed by atoms with E-state index in [1.807, 2.05) is 65.6 Å². The minimum Gasteiger partial charge on any atom is -0.351 e. The van der Waals surface area contributed by atoms with Crippen LogP contribution >= 0.6 is 22.6 Å². The summed E-state index contributed by atoms with van der Waals surface area (Å²) in [4.78, 5) is 45.6. The number of amides is 3. The summed E-state index contributed by atoms with van der Waals surface area (Å²) in [6.45, 7) is 1.41. The van der Waals surface area contributed by atoms with Crippen LogP contribution in [0.4, 0.5) is 0 Å². The Labute approximate surface area is 277 Å². The van der Waals surface area contributed by atoms with Gasteiger partial charge in [0.25, 0.3) is 5.91 Å². The maximum atomic E-state index is 14.1. The highest BCUT2D eigenvalue weighted by molar-refractivity contribution is 14.1. The molecular formula is C36H36IN5O3. The lowest BCUT2D eigenvalue weighted by Crippen LogP contribution is -2.54. The SMILES string of the molecule is O=C(/C=C/c1ccc(I)cc1)NC[C@@H]1CCN(CC(c2ccccc2)c2ccccc2)C(=O)[C@H](CNC(=O)c2ccccn2)N1. The van der Waals surface area contributed by atoms with Gasteiger partial charge in [0.1, 0.15) is 11.7 Å². The standard InChI is InChI=1S/C36H36IN5O3/c37-29-17-14-26(15-18-29)16-19-34(43)39-23-30-20-22-42(25-31(27-9-3-1-4-10-27)28-11-5-2-6-12-28)36(45)33(41-30)24-40-35(44)32-13-7-8-21-38-32/h1-19,21,30-31,33,41H,20,22-25H2,(H,39,43)(H,40,44)/b19-16+/t30-,33-/m0/s1. The minimum absolute atomic E-state index is 0.0252. The number of carbonyl (C=O) groups excluding carboxylic acids is 3. The quantitative estimate of drug-likeness (QED) is 0.155. The van der Waals surface area contributed by atoms with Gasteiger partial charge in [0.2, 0.25) is 11.8 Å². The molecule has 4 aromatic rings. The molecule has 1 aliphatic heterocycles. The molecule has 5 rings (SSSR count). The number of benzene rings is 3. The van der Waals surface area contributed by atoms with Gasteiger partial charge in [-0.1, -0.05) is 78.9 Å². The number of pyridine rings is 1. The van der Waals surface area contributed by atoms with Gasteiger partial charge >= 0.3 is 0 Å². The van der Waals surface area contributed by atoms with Gasteiger partial charge in [-0.3, -0.25) is 24.7 Å². The highest BCUT2D eigenvalue weighted by Crippen LogP contribution is 2.26. The van der Waals surface area contributed by atoms with Crippen molar-refractivity contribution < 1.29 is 14.4 Å². The molecule has 1 fully saturated rings. The normalized spacial score (nSPS) is 16.8. The van der Waals surface area contributed by atoms with Crippen LogP contribution in [0.1, 0.15) is 39.5 Å². The molecular weight excluding hydrogens is 677 g/mol. The average molecular weight is 714 g/mol. The topological polar surface area (TPSA) is 103 Å². The molecule has 8 nitrogen and oxygen atoms in total. The summed E-state index contributed by atoms with van der Waals surface area (Å²) in [5, 5.41) is 9.28. The summed E-state index contributed by atoms with van der Waals surface area (Å²) in [6, 6.07) is 32.5. The summed E-state index contributed by atoms with van der Waals surface area (Å²) in [6.07, 6.45) is 5.49. The van der Waals surface area contributed by atoms with Crippen molar-refractivity contribution in [1.29, 1.82) is 0 Å². The van der Waals surface area contributed by atoms with Gasteiger partial charge in [0, 0.05) is 54.0 Å². The summed E-state index contributed by atoms with van der Waals surface area (Å²) in [5.74, 6) is -0.683. The Balaban J connectivity index is 1.30. The molecule has 0 aliphatic carbocycles. The fourth-order valence-electron chi connectivity index (χ4n) is 5.38. The van der Waals surface area contributed by atoms with Crippen LogP contribution < -0.4 is 16.0 Å². The fraction of sp³-hybridized carbons (Fsp3) is 0.222. The van der Waals surface area contributed by atoms with Gasteiger partial charge in [0.05, 0.1) is 0 Å². The van der Waals surface area contributed by atoms with Gasteiger partial charge < -0.3 is 15.5 Å². The largest absolute Gasteiger partial charge is 0.351 e. The van der Waals surface area contributed by atoms with E-state index >= 15 is 0 Å². The molecule has 3 amide bonds. The second-order valence-electron chi connectivity index (χ2n) is 10.9. The van der Waals surface area contributed by atoms with Crippen LogP contribution in [0.15, 0.2) is 115 Å². The van der Waals surface area contributed by atoms with E-state index in [9.17, 15) is 14.4 Å². The maximum Gasteiger partial charge on any atom is 0.269 e. The van der Waals surface area contributed by atoms with Crippen LogP contribution in [0.25, 0.3) is 6.08 Å². The van der Waals surface area contributed by atoms with Crippen molar-refractivity contribution >= 4 is 46.4 Å².